The van der Waals surface area contributed by atoms with Crippen molar-refractivity contribution < 1.29 is 19.2 Å². The molecule has 0 amide bonds. The van der Waals surface area contributed by atoms with Crippen LogP contribution in [0.3, 0.4) is 0 Å². The van der Waals surface area contributed by atoms with E-state index < -0.39 is 16.3 Å². The van der Waals surface area contributed by atoms with Crippen LogP contribution in [0.1, 0.15) is 17.0 Å². The van der Waals surface area contributed by atoms with Gasteiger partial charge in [-0.2, -0.15) is 5.26 Å². The molecule has 0 fully saturated rings. The van der Waals surface area contributed by atoms with E-state index in [0.717, 1.165) is 0 Å². The molecule has 0 aliphatic carbocycles. The Labute approximate surface area is 191 Å². The predicted molar refractivity (Wildman–Crippen MR) is 122 cm³/mol. The van der Waals surface area contributed by atoms with E-state index in [1.807, 2.05) is 12.1 Å². The third-order valence-corrected chi connectivity index (χ3v) is 5.64. The number of allylic oxidation sites excluding steroid dienone is 1. The molecule has 0 saturated carbocycles. The third-order valence-electron chi connectivity index (χ3n) is 5.64. The molecule has 9 heteroatoms. The van der Waals surface area contributed by atoms with Gasteiger partial charge in [-0.25, -0.2) is 0 Å². The van der Waals surface area contributed by atoms with Crippen molar-refractivity contribution in [3.63, 3.8) is 0 Å². The molecule has 1 aromatic heterocycles. The highest BCUT2D eigenvalue weighted by molar-refractivity contribution is 5.91. The summed E-state index contributed by atoms with van der Waals surface area (Å²) in [6.45, 7) is 0. The summed E-state index contributed by atoms with van der Waals surface area (Å²) in [6.07, 6.45) is 0. The first kappa shape index (κ1) is 20.8. The van der Waals surface area contributed by atoms with E-state index in [9.17, 15) is 25.3 Å². The van der Waals surface area contributed by atoms with Crippen LogP contribution >= 0.6 is 0 Å². The monoisotopic (exact) mass is 453 g/mol. The number of aromatic hydroxyl groups is 1. The van der Waals surface area contributed by atoms with Gasteiger partial charge in [0.1, 0.15) is 39.9 Å². The van der Waals surface area contributed by atoms with Gasteiger partial charge in [0.05, 0.1) is 16.4 Å². The fourth-order valence-electron chi connectivity index (χ4n) is 4.15. The molecule has 1 unspecified atom stereocenters. The average molecular weight is 453 g/mol. The van der Waals surface area contributed by atoms with E-state index in [1.54, 1.807) is 30.3 Å². The lowest BCUT2D eigenvalue weighted by Crippen LogP contribution is -2.22. The van der Waals surface area contributed by atoms with Gasteiger partial charge in [0, 0.05) is 29.8 Å². The predicted octanol–water partition coefficient (Wildman–Crippen LogP) is 4.29. The van der Waals surface area contributed by atoms with Crippen LogP contribution in [0.4, 0.5) is 5.69 Å². The highest BCUT2D eigenvalue weighted by atomic mass is 16.6. The molecular formula is C25H15N3O6. The first-order valence-electron chi connectivity index (χ1n) is 10.1. The number of rotatable bonds is 3. The maximum Gasteiger partial charge on any atom is 0.269 e. The van der Waals surface area contributed by atoms with Crippen LogP contribution < -0.4 is 15.9 Å². The molecule has 4 aromatic rings. The summed E-state index contributed by atoms with van der Waals surface area (Å²) in [6, 6.07) is 19.1. The second-order valence-electron chi connectivity index (χ2n) is 7.63. The Bertz CT molecular complexity index is 1620. The summed E-state index contributed by atoms with van der Waals surface area (Å²) in [7, 11) is 0. The molecule has 5 rings (SSSR count). The number of hydrogen-bond acceptors (Lipinski definition) is 8. The molecular weight excluding hydrogens is 438 g/mol. The Morgan fingerprint density at radius 2 is 1.85 bits per heavy atom. The van der Waals surface area contributed by atoms with E-state index in [1.165, 1.54) is 30.3 Å². The molecule has 0 bridgehead atoms. The molecule has 2 heterocycles. The van der Waals surface area contributed by atoms with Crippen molar-refractivity contribution in [1.29, 1.82) is 5.26 Å². The van der Waals surface area contributed by atoms with Crippen molar-refractivity contribution in [2.75, 3.05) is 0 Å². The quantitative estimate of drug-likeness (QED) is 0.344. The first-order chi connectivity index (χ1) is 16.4. The lowest BCUT2D eigenvalue weighted by molar-refractivity contribution is -0.384. The number of nitro groups is 1. The van der Waals surface area contributed by atoms with Gasteiger partial charge in [-0.3, -0.25) is 14.9 Å². The van der Waals surface area contributed by atoms with E-state index in [2.05, 4.69) is 0 Å². The Morgan fingerprint density at radius 3 is 2.56 bits per heavy atom. The molecule has 1 aliphatic rings. The summed E-state index contributed by atoms with van der Waals surface area (Å²) in [4.78, 5) is 23.9. The van der Waals surface area contributed by atoms with E-state index >= 15 is 0 Å². The minimum Gasteiger partial charge on any atom is -0.507 e. The highest BCUT2D eigenvalue weighted by Crippen LogP contribution is 2.48. The van der Waals surface area contributed by atoms with Gasteiger partial charge in [0.25, 0.3) is 5.69 Å². The number of hydrogen-bond donors (Lipinski definition) is 2. The molecule has 0 saturated heterocycles. The number of nitrogens with two attached hydrogens (primary N) is 1. The Morgan fingerprint density at radius 1 is 1.09 bits per heavy atom. The van der Waals surface area contributed by atoms with Crippen LogP contribution in [0, 0.1) is 21.4 Å². The maximum atomic E-state index is 13.0. The SMILES string of the molecule is N#CC1=C(N)Oc2cc(O)c3c(=O)cc(-c4ccccc4)oc3c2C1c1cccc([N+](=O)[O-])c1. The van der Waals surface area contributed by atoms with Crippen molar-refractivity contribution in [2.45, 2.75) is 5.92 Å². The molecule has 3 N–H and O–H groups in total. The van der Waals surface area contributed by atoms with Crippen LogP contribution in [0.25, 0.3) is 22.3 Å². The second-order valence-corrected chi connectivity index (χ2v) is 7.63. The van der Waals surface area contributed by atoms with Crippen LogP contribution in [0.2, 0.25) is 0 Å². The third kappa shape index (κ3) is 3.22. The minimum absolute atomic E-state index is 0.00175. The smallest absolute Gasteiger partial charge is 0.269 e. The Balaban J connectivity index is 1.88. The number of nitriles is 1. The zero-order valence-corrected chi connectivity index (χ0v) is 17.4. The fourth-order valence-corrected chi connectivity index (χ4v) is 4.15. The van der Waals surface area contributed by atoms with Crippen molar-refractivity contribution in [3.05, 3.63) is 110 Å². The van der Waals surface area contributed by atoms with Crippen LogP contribution in [-0.2, 0) is 0 Å². The standard InChI is InChI=1S/C25H15N3O6/c26-12-16-21(14-7-4-8-15(9-14)28(31)32)23-20(34-25(16)27)11-18(30)22-17(29)10-19(33-24(22)23)13-5-2-1-3-6-13/h1-11,21,30H,27H2. The largest absolute Gasteiger partial charge is 0.507 e. The summed E-state index contributed by atoms with van der Waals surface area (Å²) in [5, 5.41) is 31.8. The van der Waals surface area contributed by atoms with Crippen molar-refractivity contribution in [1.82, 2.24) is 0 Å². The number of benzene rings is 3. The number of nitrogens with zero attached hydrogens (tertiary/aromatic N) is 2. The molecule has 34 heavy (non-hydrogen) atoms. The molecule has 0 radical (unpaired) electrons. The normalized spacial score (nSPS) is 14.9. The molecule has 3 aromatic carbocycles. The summed E-state index contributed by atoms with van der Waals surface area (Å²) in [5.74, 6) is -1.22. The number of fused-ring (bicyclic) bond motifs is 3. The molecule has 0 spiro atoms. The Kier molecular flexibility index (Phi) is 4.76. The number of phenolic OH excluding ortho intramolecular Hbond substituents is 1. The van der Waals surface area contributed by atoms with Gasteiger partial charge in [-0.15, -0.1) is 0 Å². The number of non-ortho nitro benzene ring substituents is 1. The molecule has 1 atom stereocenters. The van der Waals surface area contributed by atoms with Crippen LogP contribution in [-0.4, -0.2) is 10.0 Å². The van der Waals surface area contributed by atoms with Gasteiger partial charge in [0.2, 0.25) is 5.88 Å². The first-order valence-corrected chi connectivity index (χ1v) is 10.1. The zero-order valence-electron chi connectivity index (χ0n) is 17.4. The van der Waals surface area contributed by atoms with Gasteiger partial charge >= 0.3 is 0 Å². The maximum absolute atomic E-state index is 13.0. The second kappa shape index (κ2) is 7.79. The number of nitro benzene ring substituents is 1. The Hall–Kier alpha value is -5.10. The lowest BCUT2D eigenvalue weighted by atomic mass is 9.82. The van der Waals surface area contributed by atoms with Gasteiger partial charge in [-0.05, 0) is 5.56 Å². The zero-order chi connectivity index (χ0) is 24.0. The van der Waals surface area contributed by atoms with Gasteiger partial charge in [-0.1, -0.05) is 42.5 Å². The molecule has 9 nitrogen and oxygen atoms in total. The minimum atomic E-state index is -0.939. The molecule has 1 aliphatic heterocycles. The number of phenols is 1. The summed E-state index contributed by atoms with van der Waals surface area (Å²) in [5.41, 5.74) is 6.56. The van der Waals surface area contributed by atoms with Gasteiger partial charge in [0.15, 0.2) is 5.43 Å². The topological polar surface area (TPSA) is 153 Å². The van der Waals surface area contributed by atoms with E-state index in [-0.39, 0.29) is 50.9 Å². The van der Waals surface area contributed by atoms with Crippen molar-refractivity contribution >= 4 is 16.7 Å². The average Bonchev–Trinajstić information content (AvgIpc) is 2.83. The highest BCUT2D eigenvalue weighted by Gasteiger charge is 2.35. The lowest BCUT2D eigenvalue weighted by Gasteiger charge is -2.27. The van der Waals surface area contributed by atoms with Crippen molar-refractivity contribution in [2.24, 2.45) is 5.73 Å². The summed E-state index contributed by atoms with van der Waals surface area (Å²) < 4.78 is 11.7. The number of ether oxygens (including phenoxy) is 1. The van der Waals surface area contributed by atoms with Crippen molar-refractivity contribution in [3.8, 4) is 28.9 Å². The van der Waals surface area contributed by atoms with Gasteiger partial charge < -0.3 is 20.0 Å². The van der Waals surface area contributed by atoms with Crippen LogP contribution in [0.15, 0.2) is 87.4 Å². The van der Waals surface area contributed by atoms with Crippen LogP contribution in [0.5, 0.6) is 11.5 Å². The fraction of sp³-hybridized carbons (Fsp3) is 0.0400. The van der Waals surface area contributed by atoms with E-state index in [0.29, 0.717) is 11.1 Å². The molecule has 166 valence electrons. The van der Waals surface area contributed by atoms with E-state index in [4.69, 9.17) is 14.9 Å². The summed E-state index contributed by atoms with van der Waals surface area (Å²) >= 11 is 0.